The summed E-state index contributed by atoms with van der Waals surface area (Å²) in [7, 11) is -0.307. The zero-order valence-corrected chi connectivity index (χ0v) is 9.36. The number of rotatable bonds is 1. The van der Waals surface area contributed by atoms with E-state index in [2.05, 4.69) is 23.8 Å². The second kappa shape index (κ2) is 3.91. The predicted molar refractivity (Wildman–Crippen MR) is 57.8 cm³/mol. The zero-order chi connectivity index (χ0) is 10.9. The first kappa shape index (κ1) is 10.6. The molecule has 0 aliphatic carbocycles. The van der Waals surface area contributed by atoms with E-state index in [0.717, 1.165) is 11.3 Å². The first-order valence-electron chi connectivity index (χ1n) is 5.09. The van der Waals surface area contributed by atoms with Gasteiger partial charge >= 0.3 is 7.12 Å². The van der Waals surface area contributed by atoms with Crippen LogP contribution in [0.1, 0.15) is 19.7 Å². The number of hydrogen-bond donors (Lipinski definition) is 0. The Hall–Kier alpha value is -0.935. The molecular weight excluding hydrogens is 191 g/mol. The molecule has 1 fully saturated rings. The van der Waals surface area contributed by atoms with Crippen LogP contribution in [0.4, 0.5) is 0 Å². The van der Waals surface area contributed by atoms with Crippen LogP contribution in [0.25, 0.3) is 0 Å². The van der Waals surface area contributed by atoms with Crippen LogP contribution in [0.15, 0.2) is 12.4 Å². The Bertz CT molecular complexity index is 330. The largest absolute Gasteiger partial charge is 0.497 e. The van der Waals surface area contributed by atoms with Gasteiger partial charge in [0.1, 0.15) is 5.82 Å². The lowest BCUT2D eigenvalue weighted by Gasteiger charge is -2.32. The van der Waals surface area contributed by atoms with Crippen molar-refractivity contribution in [1.29, 1.82) is 0 Å². The van der Waals surface area contributed by atoms with Crippen molar-refractivity contribution in [2.45, 2.75) is 20.8 Å². The van der Waals surface area contributed by atoms with E-state index in [4.69, 9.17) is 9.31 Å². The lowest BCUT2D eigenvalue weighted by Crippen LogP contribution is -2.47. The summed E-state index contributed by atoms with van der Waals surface area (Å²) in [6, 6.07) is 0. The summed E-state index contributed by atoms with van der Waals surface area (Å²) in [6.07, 6.45) is 3.51. The molecule has 2 heterocycles. The monoisotopic (exact) mass is 206 g/mol. The van der Waals surface area contributed by atoms with Gasteiger partial charge in [-0.25, -0.2) is 9.97 Å². The van der Waals surface area contributed by atoms with Crippen molar-refractivity contribution in [3.8, 4) is 0 Å². The van der Waals surface area contributed by atoms with Crippen LogP contribution in [-0.4, -0.2) is 30.3 Å². The first-order chi connectivity index (χ1) is 7.07. The van der Waals surface area contributed by atoms with Crippen molar-refractivity contribution in [3.63, 3.8) is 0 Å². The quantitative estimate of drug-likeness (QED) is 0.629. The highest BCUT2D eigenvalue weighted by atomic mass is 16.6. The Kier molecular flexibility index (Phi) is 2.75. The molecular formula is C10H15BN2O2. The summed E-state index contributed by atoms with van der Waals surface area (Å²) in [6.45, 7) is 7.50. The topological polar surface area (TPSA) is 44.2 Å². The van der Waals surface area contributed by atoms with E-state index in [1.165, 1.54) is 0 Å². The third-order valence-corrected chi connectivity index (χ3v) is 2.32. The standard InChI is InChI=1S/C10H15BN2O2/c1-8-12-4-9(5-13-8)11-14-6-10(2,3)7-15-11/h4-5H,6-7H2,1-3H3. The highest BCUT2D eigenvalue weighted by Gasteiger charge is 2.33. The summed E-state index contributed by atoms with van der Waals surface area (Å²) < 4.78 is 11.2. The zero-order valence-electron chi connectivity index (χ0n) is 9.36. The average Bonchev–Trinajstić information content (AvgIpc) is 2.20. The van der Waals surface area contributed by atoms with Gasteiger partial charge in [-0.3, -0.25) is 0 Å². The normalized spacial score (nSPS) is 20.3. The molecule has 0 spiro atoms. The molecule has 0 unspecified atom stereocenters. The number of nitrogens with zero attached hydrogens (tertiary/aromatic N) is 2. The van der Waals surface area contributed by atoms with Gasteiger partial charge < -0.3 is 9.31 Å². The molecule has 15 heavy (non-hydrogen) atoms. The van der Waals surface area contributed by atoms with Crippen molar-refractivity contribution >= 4 is 12.6 Å². The lowest BCUT2D eigenvalue weighted by molar-refractivity contribution is 0.0342. The molecule has 4 nitrogen and oxygen atoms in total. The van der Waals surface area contributed by atoms with Crippen molar-refractivity contribution in [3.05, 3.63) is 18.2 Å². The minimum absolute atomic E-state index is 0.0993. The number of hydrogen-bond acceptors (Lipinski definition) is 4. The van der Waals surface area contributed by atoms with Crippen LogP contribution in [0.2, 0.25) is 0 Å². The van der Waals surface area contributed by atoms with Gasteiger partial charge in [-0.1, -0.05) is 13.8 Å². The molecule has 1 aliphatic rings. The predicted octanol–water partition coefficient (Wildman–Crippen LogP) is 0.553. The third kappa shape index (κ3) is 2.55. The van der Waals surface area contributed by atoms with Gasteiger partial charge in [0.25, 0.3) is 0 Å². The first-order valence-corrected chi connectivity index (χ1v) is 5.09. The van der Waals surface area contributed by atoms with E-state index in [1.54, 1.807) is 12.4 Å². The molecule has 0 N–H and O–H groups in total. The van der Waals surface area contributed by atoms with Gasteiger partial charge in [0.15, 0.2) is 0 Å². The molecule has 1 aromatic rings. The molecule has 2 rings (SSSR count). The second-order valence-corrected chi connectivity index (χ2v) is 4.68. The van der Waals surface area contributed by atoms with Gasteiger partial charge in [0.05, 0.1) is 0 Å². The smallest absolute Gasteiger partial charge is 0.407 e. The molecule has 5 heteroatoms. The minimum atomic E-state index is -0.307. The SMILES string of the molecule is Cc1ncc(B2OCC(C)(C)CO2)cn1. The van der Waals surface area contributed by atoms with Gasteiger partial charge in [0, 0.05) is 36.5 Å². The van der Waals surface area contributed by atoms with E-state index >= 15 is 0 Å². The third-order valence-electron chi connectivity index (χ3n) is 2.32. The lowest BCUT2D eigenvalue weighted by atomic mass is 9.77. The van der Waals surface area contributed by atoms with Crippen molar-refractivity contribution < 1.29 is 9.31 Å². The Morgan fingerprint density at radius 1 is 1.20 bits per heavy atom. The van der Waals surface area contributed by atoms with Crippen LogP contribution in [-0.2, 0) is 9.31 Å². The van der Waals surface area contributed by atoms with Crippen LogP contribution in [0.3, 0.4) is 0 Å². The van der Waals surface area contributed by atoms with Crippen molar-refractivity contribution in [2.24, 2.45) is 5.41 Å². The summed E-state index contributed by atoms with van der Waals surface area (Å²) >= 11 is 0. The number of aryl methyl sites for hydroxylation is 1. The van der Waals surface area contributed by atoms with Gasteiger partial charge in [-0.05, 0) is 6.92 Å². The Balaban J connectivity index is 2.04. The fourth-order valence-corrected chi connectivity index (χ4v) is 1.41. The van der Waals surface area contributed by atoms with E-state index in [9.17, 15) is 0 Å². The van der Waals surface area contributed by atoms with Gasteiger partial charge in [0.2, 0.25) is 0 Å². The fraction of sp³-hybridized carbons (Fsp3) is 0.600. The van der Waals surface area contributed by atoms with Crippen LogP contribution in [0.5, 0.6) is 0 Å². The molecule has 0 bridgehead atoms. The van der Waals surface area contributed by atoms with E-state index < -0.39 is 0 Å². The van der Waals surface area contributed by atoms with E-state index in [-0.39, 0.29) is 12.5 Å². The van der Waals surface area contributed by atoms with E-state index in [1.807, 2.05) is 6.92 Å². The molecule has 0 amide bonds. The van der Waals surface area contributed by atoms with Crippen molar-refractivity contribution in [1.82, 2.24) is 9.97 Å². The summed E-state index contributed by atoms with van der Waals surface area (Å²) in [5, 5.41) is 0. The van der Waals surface area contributed by atoms with Crippen LogP contribution < -0.4 is 5.46 Å². The Morgan fingerprint density at radius 2 is 1.73 bits per heavy atom. The maximum absolute atomic E-state index is 5.62. The van der Waals surface area contributed by atoms with Crippen LogP contribution in [0, 0.1) is 12.3 Å². The van der Waals surface area contributed by atoms with Gasteiger partial charge in [-0.15, -0.1) is 0 Å². The van der Waals surface area contributed by atoms with E-state index in [0.29, 0.717) is 13.2 Å². The molecule has 80 valence electrons. The second-order valence-electron chi connectivity index (χ2n) is 4.68. The average molecular weight is 206 g/mol. The Morgan fingerprint density at radius 3 is 2.27 bits per heavy atom. The Labute approximate surface area is 90.2 Å². The maximum Gasteiger partial charge on any atom is 0.497 e. The summed E-state index contributed by atoms with van der Waals surface area (Å²) in [4.78, 5) is 8.24. The molecule has 0 aromatic carbocycles. The minimum Gasteiger partial charge on any atom is -0.407 e. The summed E-state index contributed by atoms with van der Waals surface area (Å²) in [5.41, 5.74) is 0.985. The fourth-order valence-electron chi connectivity index (χ4n) is 1.41. The molecule has 0 atom stereocenters. The maximum atomic E-state index is 5.62. The number of aromatic nitrogens is 2. The molecule has 1 saturated heterocycles. The van der Waals surface area contributed by atoms with Crippen molar-refractivity contribution in [2.75, 3.05) is 13.2 Å². The highest BCUT2D eigenvalue weighted by molar-refractivity contribution is 6.61. The molecule has 1 aromatic heterocycles. The van der Waals surface area contributed by atoms with Gasteiger partial charge in [-0.2, -0.15) is 0 Å². The summed E-state index contributed by atoms with van der Waals surface area (Å²) in [5.74, 6) is 0.759. The molecule has 0 radical (unpaired) electrons. The molecule has 0 saturated carbocycles. The molecule has 1 aliphatic heterocycles. The highest BCUT2D eigenvalue weighted by Crippen LogP contribution is 2.21. The van der Waals surface area contributed by atoms with Crippen LogP contribution >= 0.6 is 0 Å².